The number of hydrogen-bond acceptors (Lipinski definition) is 4. The maximum absolute atomic E-state index is 12.8. The molecule has 0 bridgehead atoms. The van der Waals surface area contributed by atoms with Crippen LogP contribution in [0.15, 0.2) is 41.3 Å². The number of imide groups is 1. The lowest BCUT2D eigenvalue weighted by Crippen LogP contribution is -2.49. The van der Waals surface area contributed by atoms with Gasteiger partial charge in [-0.2, -0.15) is 0 Å². The van der Waals surface area contributed by atoms with Crippen molar-refractivity contribution in [3.8, 4) is 5.75 Å². The van der Waals surface area contributed by atoms with Gasteiger partial charge in [-0.05, 0) is 68.9 Å². The molecule has 2 aliphatic rings. The topological polar surface area (TPSA) is 89.4 Å². The average Bonchev–Trinajstić information content (AvgIpc) is 3.29. The molecule has 1 aliphatic heterocycles. The van der Waals surface area contributed by atoms with Crippen molar-refractivity contribution in [1.29, 1.82) is 0 Å². The van der Waals surface area contributed by atoms with Crippen molar-refractivity contribution >= 4 is 11.9 Å². The lowest BCUT2D eigenvalue weighted by molar-refractivity contribution is -0.124. The quantitative estimate of drug-likeness (QED) is 0.762. The van der Waals surface area contributed by atoms with Gasteiger partial charge in [0.25, 0.3) is 11.5 Å². The van der Waals surface area contributed by atoms with E-state index in [2.05, 4.69) is 10.6 Å². The summed E-state index contributed by atoms with van der Waals surface area (Å²) in [4.78, 5) is 37.4. The number of hydrogen-bond donors (Lipinski definition) is 2. The van der Waals surface area contributed by atoms with Crippen molar-refractivity contribution in [1.82, 2.24) is 15.2 Å². The normalized spacial score (nSPS) is 21.9. The number of ether oxygens (including phenoxy) is 1. The Labute approximate surface area is 169 Å². The van der Waals surface area contributed by atoms with Gasteiger partial charge in [-0.3, -0.25) is 14.9 Å². The van der Waals surface area contributed by atoms with Crippen molar-refractivity contribution in [2.75, 3.05) is 0 Å². The highest BCUT2D eigenvalue weighted by Crippen LogP contribution is 2.32. The molecule has 0 spiro atoms. The number of aryl methyl sites for hydroxylation is 2. The number of carbonyl (C=O) groups excluding carboxylic acids is 2. The molecule has 2 N–H and O–H groups in total. The molecule has 7 heteroatoms. The first-order valence-electron chi connectivity index (χ1n) is 9.96. The van der Waals surface area contributed by atoms with Crippen LogP contribution in [0, 0.1) is 13.8 Å². The molecule has 0 radical (unpaired) electrons. The van der Waals surface area contributed by atoms with Gasteiger partial charge in [-0.25, -0.2) is 4.79 Å². The van der Waals surface area contributed by atoms with Gasteiger partial charge in [0.05, 0.1) is 12.6 Å². The smallest absolute Gasteiger partial charge is 0.322 e. The minimum absolute atomic E-state index is 0.00730. The molecule has 2 aromatic rings. The second kappa shape index (κ2) is 7.39. The Morgan fingerprint density at radius 3 is 2.52 bits per heavy atom. The van der Waals surface area contributed by atoms with Crippen LogP contribution in [0.4, 0.5) is 4.79 Å². The molecule has 1 aromatic heterocycles. The van der Waals surface area contributed by atoms with Crippen molar-refractivity contribution < 1.29 is 14.3 Å². The van der Waals surface area contributed by atoms with E-state index in [1.54, 1.807) is 31.3 Å². The van der Waals surface area contributed by atoms with E-state index in [1.165, 1.54) is 17.4 Å². The van der Waals surface area contributed by atoms with Gasteiger partial charge < -0.3 is 14.6 Å². The van der Waals surface area contributed by atoms with E-state index in [0.29, 0.717) is 11.1 Å². The average molecular weight is 395 g/mol. The fraction of sp³-hybridized carbons (Fsp3) is 0.409. The zero-order valence-electron chi connectivity index (χ0n) is 16.7. The minimum atomic E-state index is -1.36. The van der Waals surface area contributed by atoms with Gasteiger partial charge in [-0.15, -0.1) is 0 Å². The van der Waals surface area contributed by atoms with Crippen molar-refractivity contribution in [3.05, 3.63) is 63.6 Å². The van der Waals surface area contributed by atoms with E-state index < -0.39 is 17.5 Å². The van der Waals surface area contributed by atoms with Crippen LogP contribution >= 0.6 is 0 Å². The number of nitrogens with zero attached hydrogens (tertiary/aromatic N) is 1. The van der Waals surface area contributed by atoms with E-state index in [-0.39, 0.29) is 18.2 Å². The van der Waals surface area contributed by atoms with E-state index in [0.717, 1.165) is 24.2 Å². The number of nitrogens with one attached hydrogen (secondary N) is 2. The first-order valence-corrected chi connectivity index (χ1v) is 9.96. The van der Waals surface area contributed by atoms with E-state index in [1.807, 2.05) is 19.1 Å². The zero-order chi connectivity index (χ0) is 20.6. The molecule has 3 amide bonds. The molecule has 1 saturated heterocycles. The summed E-state index contributed by atoms with van der Waals surface area (Å²) in [6, 6.07) is 8.40. The van der Waals surface area contributed by atoms with Gasteiger partial charge >= 0.3 is 6.03 Å². The van der Waals surface area contributed by atoms with E-state index >= 15 is 0 Å². The van der Waals surface area contributed by atoms with Crippen LogP contribution < -0.4 is 20.9 Å². The summed E-state index contributed by atoms with van der Waals surface area (Å²) < 4.78 is 7.57. The van der Waals surface area contributed by atoms with Crippen LogP contribution in [-0.2, 0) is 16.9 Å². The summed E-state index contributed by atoms with van der Waals surface area (Å²) in [6.07, 6.45) is 6.33. The largest absolute Gasteiger partial charge is 0.490 e. The number of amides is 3. The summed E-state index contributed by atoms with van der Waals surface area (Å²) in [7, 11) is 0. The predicted octanol–water partition coefficient (Wildman–Crippen LogP) is 2.52. The highest BCUT2D eigenvalue weighted by molar-refractivity contribution is 6.07. The second-order valence-corrected chi connectivity index (χ2v) is 7.94. The number of carbonyl (C=O) groups is 2. The van der Waals surface area contributed by atoms with Gasteiger partial charge in [0.1, 0.15) is 5.75 Å². The Kier molecular flexibility index (Phi) is 4.90. The number of pyridine rings is 1. The van der Waals surface area contributed by atoms with Gasteiger partial charge in [0.2, 0.25) is 0 Å². The molecule has 1 unspecified atom stereocenters. The Morgan fingerprint density at radius 1 is 1.10 bits per heavy atom. The Hall–Kier alpha value is -3.09. The molecule has 2 fully saturated rings. The van der Waals surface area contributed by atoms with E-state index in [4.69, 9.17) is 4.74 Å². The standard InChI is InChI=1S/C22H25N3O4/c1-14-6-5-11-25(19(14)26)13-22(20(27)23-21(28)24-22)16-9-10-18(15(2)12-16)29-17-7-3-4-8-17/h5-6,9-12,17H,3-4,7-8,13H2,1-2H3,(H2,23,24,27,28). The first kappa shape index (κ1) is 19.2. The third kappa shape index (κ3) is 3.52. The molecule has 1 saturated carbocycles. The molecular formula is C22H25N3O4. The molecule has 1 aliphatic carbocycles. The Bertz CT molecular complexity index is 1020. The molecule has 1 aromatic carbocycles. The number of aromatic nitrogens is 1. The molecular weight excluding hydrogens is 370 g/mol. The highest BCUT2D eigenvalue weighted by Gasteiger charge is 2.48. The lowest BCUT2D eigenvalue weighted by Gasteiger charge is -2.28. The van der Waals surface area contributed by atoms with Crippen molar-refractivity contribution in [3.63, 3.8) is 0 Å². The summed E-state index contributed by atoms with van der Waals surface area (Å²) in [5.41, 5.74) is 0.526. The monoisotopic (exact) mass is 395 g/mol. The van der Waals surface area contributed by atoms with Crippen LogP contribution in [-0.4, -0.2) is 22.6 Å². The Morgan fingerprint density at radius 2 is 1.86 bits per heavy atom. The summed E-state index contributed by atoms with van der Waals surface area (Å²) in [5, 5.41) is 5.07. The summed E-state index contributed by atoms with van der Waals surface area (Å²) in [6.45, 7) is 3.65. The third-order valence-corrected chi connectivity index (χ3v) is 5.82. The lowest BCUT2D eigenvalue weighted by atomic mass is 9.88. The molecule has 29 heavy (non-hydrogen) atoms. The van der Waals surface area contributed by atoms with Gasteiger partial charge in [-0.1, -0.05) is 12.1 Å². The molecule has 7 nitrogen and oxygen atoms in total. The Balaban J connectivity index is 1.71. The second-order valence-electron chi connectivity index (χ2n) is 7.94. The van der Waals surface area contributed by atoms with Crippen molar-refractivity contribution in [2.45, 2.75) is 57.7 Å². The van der Waals surface area contributed by atoms with Crippen LogP contribution in [0.1, 0.15) is 42.4 Å². The minimum Gasteiger partial charge on any atom is -0.490 e. The highest BCUT2D eigenvalue weighted by atomic mass is 16.5. The van der Waals surface area contributed by atoms with Crippen LogP contribution in [0.5, 0.6) is 5.75 Å². The van der Waals surface area contributed by atoms with Gasteiger partial charge in [0.15, 0.2) is 5.54 Å². The molecule has 152 valence electrons. The summed E-state index contributed by atoms with van der Waals surface area (Å²) >= 11 is 0. The number of urea groups is 1. The van der Waals surface area contributed by atoms with Gasteiger partial charge in [0, 0.05) is 11.8 Å². The van der Waals surface area contributed by atoms with Crippen LogP contribution in [0.2, 0.25) is 0 Å². The maximum Gasteiger partial charge on any atom is 0.322 e. The third-order valence-electron chi connectivity index (χ3n) is 5.82. The fourth-order valence-electron chi connectivity index (χ4n) is 4.17. The number of benzene rings is 1. The summed E-state index contributed by atoms with van der Waals surface area (Å²) in [5.74, 6) is 0.313. The molecule has 4 rings (SSSR count). The van der Waals surface area contributed by atoms with E-state index in [9.17, 15) is 14.4 Å². The van der Waals surface area contributed by atoms with Crippen molar-refractivity contribution in [2.24, 2.45) is 0 Å². The van der Waals surface area contributed by atoms with Crippen LogP contribution in [0.3, 0.4) is 0 Å². The maximum atomic E-state index is 12.8. The predicted molar refractivity (Wildman–Crippen MR) is 108 cm³/mol. The zero-order valence-corrected chi connectivity index (χ0v) is 16.7. The fourth-order valence-corrected chi connectivity index (χ4v) is 4.17. The first-order chi connectivity index (χ1) is 13.9. The van der Waals surface area contributed by atoms with Crippen LogP contribution in [0.25, 0.3) is 0 Å². The molecule has 1 atom stereocenters. The molecule has 2 heterocycles. The number of rotatable bonds is 5. The SMILES string of the molecule is Cc1cc(C2(Cn3cccc(C)c3=O)NC(=O)NC2=O)ccc1OC1CCCC1.